The van der Waals surface area contributed by atoms with Crippen LogP contribution >= 0.6 is 11.8 Å². The van der Waals surface area contributed by atoms with Crippen molar-refractivity contribution in [1.82, 2.24) is 20.2 Å². The van der Waals surface area contributed by atoms with Crippen LogP contribution in [0.3, 0.4) is 0 Å². The largest absolute Gasteiger partial charge is 0.465 e. The molecule has 0 aliphatic heterocycles. The van der Waals surface area contributed by atoms with E-state index in [2.05, 4.69) is 20.7 Å². The Morgan fingerprint density at radius 2 is 2.07 bits per heavy atom. The number of benzene rings is 1. The van der Waals surface area contributed by atoms with Crippen LogP contribution in [0.15, 0.2) is 69.0 Å². The van der Waals surface area contributed by atoms with E-state index < -0.39 is 0 Å². The molecular formula is C20H21N5O2S. The number of carbonyl (C=O) groups excluding carboxylic acids is 1. The predicted molar refractivity (Wildman–Crippen MR) is 111 cm³/mol. The van der Waals surface area contributed by atoms with Gasteiger partial charge < -0.3 is 8.98 Å². The molecule has 8 heteroatoms. The van der Waals surface area contributed by atoms with E-state index in [0.29, 0.717) is 5.16 Å². The second-order valence-corrected chi connectivity index (χ2v) is 6.84. The molecule has 1 amide bonds. The zero-order chi connectivity index (χ0) is 19.8. The summed E-state index contributed by atoms with van der Waals surface area (Å²) in [7, 11) is 0. The van der Waals surface area contributed by atoms with E-state index in [1.54, 1.807) is 12.5 Å². The molecule has 0 atom stereocenters. The van der Waals surface area contributed by atoms with Crippen LogP contribution < -0.4 is 5.43 Å². The van der Waals surface area contributed by atoms with Gasteiger partial charge in [0.25, 0.3) is 5.91 Å². The first-order valence-corrected chi connectivity index (χ1v) is 9.81. The average molecular weight is 395 g/mol. The van der Waals surface area contributed by atoms with Gasteiger partial charge in [0.05, 0.1) is 18.2 Å². The molecule has 144 valence electrons. The van der Waals surface area contributed by atoms with Gasteiger partial charge in [-0.3, -0.25) is 4.79 Å². The summed E-state index contributed by atoms with van der Waals surface area (Å²) in [6.45, 7) is 4.62. The Hall–Kier alpha value is -3.13. The Labute approximate surface area is 167 Å². The number of rotatable bonds is 8. The predicted octanol–water partition coefficient (Wildman–Crippen LogP) is 3.86. The molecule has 0 fully saturated rings. The molecule has 1 N–H and O–H groups in total. The summed E-state index contributed by atoms with van der Waals surface area (Å²) in [6.07, 6.45) is 5.01. The Morgan fingerprint density at radius 3 is 2.79 bits per heavy atom. The van der Waals surface area contributed by atoms with Gasteiger partial charge in [-0.2, -0.15) is 5.10 Å². The van der Waals surface area contributed by atoms with Crippen molar-refractivity contribution in [3.63, 3.8) is 0 Å². The molecule has 0 saturated heterocycles. The number of amides is 1. The first-order chi connectivity index (χ1) is 13.7. The minimum Gasteiger partial charge on any atom is -0.465 e. The lowest BCUT2D eigenvalue weighted by Gasteiger charge is -2.06. The maximum atomic E-state index is 12.1. The number of furan rings is 1. The quantitative estimate of drug-likeness (QED) is 0.356. The number of hydrogen-bond acceptors (Lipinski definition) is 6. The van der Waals surface area contributed by atoms with Crippen LogP contribution in [0.5, 0.6) is 0 Å². The maximum absolute atomic E-state index is 12.1. The van der Waals surface area contributed by atoms with Crippen molar-refractivity contribution >= 4 is 30.0 Å². The Kier molecular flexibility index (Phi) is 6.80. The highest BCUT2D eigenvalue weighted by Gasteiger charge is 2.14. The topological polar surface area (TPSA) is 85.3 Å². The number of hydrogen-bond donors (Lipinski definition) is 1. The smallest absolute Gasteiger partial charge is 0.250 e. The van der Waals surface area contributed by atoms with Gasteiger partial charge in [0.2, 0.25) is 0 Å². The maximum Gasteiger partial charge on any atom is 0.250 e. The molecule has 0 spiro atoms. The summed E-state index contributed by atoms with van der Waals surface area (Å²) < 4.78 is 7.22. The number of allylic oxidation sites excluding steroid dienone is 1. The van der Waals surface area contributed by atoms with Crippen molar-refractivity contribution in [3.05, 3.63) is 60.1 Å². The minimum absolute atomic E-state index is 0.200. The van der Waals surface area contributed by atoms with Crippen LogP contribution in [0.4, 0.5) is 0 Å². The molecule has 3 aromatic rings. The summed E-state index contributed by atoms with van der Waals surface area (Å²) in [5.41, 5.74) is 4.38. The van der Waals surface area contributed by atoms with Crippen LogP contribution in [0.25, 0.3) is 17.5 Å². The van der Waals surface area contributed by atoms with Crippen molar-refractivity contribution in [2.75, 3.05) is 5.75 Å². The monoisotopic (exact) mass is 395 g/mol. The lowest BCUT2D eigenvalue weighted by atomic mass is 10.2. The molecule has 2 aromatic heterocycles. The van der Waals surface area contributed by atoms with Gasteiger partial charge in [0, 0.05) is 12.1 Å². The number of thioether (sulfide) groups is 1. The van der Waals surface area contributed by atoms with Gasteiger partial charge in [-0.15, -0.1) is 10.2 Å². The number of nitrogens with one attached hydrogen (secondary N) is 1. The summed E-state index contributed by atoms with van der Waals surface area (Å²) >= 11 is 1.33. The fraction of sp³-hybridized carbons (Fsp3) is 0.200. The summed E-state index contributed by atoms with van der Waals surface area (Å²) in [5.74, 6) is 1.52. The second kappa shape index (κ2) is 9.70. The van der Waals surface area contributed by atoms with Gasteiger partial charge in [0.15, 0.2) is 11.0 Å². The Morgan fingerprint density at radius 1 is 1.25 bits per heavy atom. The summed E-state index contributed by atoms with van der Waals surface area (Å²) in [4.78, 5) is 12.1. The van der Waals surface area contributed by atoms with E-state index in [1.165, 1.54) is 11.8 Å². The van der Waals surface area contributed by atoms with E-state index in [9.17, 15) is 4.79 Å². The number of aromatic nitrogens is 3. The van der Waals surface area contributed by atoms with E-state index >= 15 is 0 Å². The van der Waals surface area contributed by atoms with Crippen molar-refractivity contribution in [1.29, 1.82) is 0 Å². The van der Waals surface area contributed by atoms with E-state index in [1.807, 2.05) is 67.0 Å². The summed E-state index contributed by atoms with van der Waals surface area (Å²) in [5, 5.41) is 13.2. The molecule has 0 bridgehead atoms. The third-order valence-electron chi connectivity index (χ3n) is 3.77. The first kappa shape index (κ1) is 19.6. The van der Waals surface area contributed by atoms with Crippen LogP contribution in [0.1, 0.15) is 19.6 Å². The van der Waals surface area contributed by atoms with E-state index in [4.69, 9.17) is 4.42 Å². The van der Waals surface area contributed by atoms with E-state index in [0.717, 1.165) is 29.3 Å². The lowest BCUT2D eigenvalue weighted by Crippen LogP contribution is -2.20. The third kappa shape index (κ3) is 5.20. The highest BCUT2D eigenvalue weighted by atomic mass is 32.2. The summed E-state index contributed by atoms with van der Waals surface area (Å²) in [6, 6.07) is 13.5. The molecule has 0 radical (unpaired) electrons. The standard InChI is InChI=1S/C20H21N5O2S/c1-3-25-19(16-8-5-4-6-9-16)23-24-20(25)28-14-18(26)22-21-13-15(2)12-17-10-7-11-27-17/h4-13H,3,14H2,1-2H3,(H,22,26)/b15-12+,21-13?. The SMILES string of the molecule is CCn1c(SCC(=O)NN=C/C(C)=C/c2ccco2)nnc1-c1ccccc1. The number of carbonyl (C=O) groups is 1. The van der Waals surface area contributed by atoms with Crippen molar-refractivity contribution < 1.29 is 9.21 Å². The molecule has 0 unspecified atom stereocenters. The molecule has 0 saturated carbocycles. The van der Waals surface area contributed by atoms with Gasteiger partial charge in [-0.05, 0) is 37.6 Å². The molecule has 0 aliphatic carbocycles. The van der Waals surface area contributed by atoms with Gasteiger partial charge >= 0.3 is 0 Å². The van der Waals surface area contributed by atoms with Crippen LogP contribution in [-0.4, -0.2) is 32.6 Å². The molecule has 1 aromatic carbocycles. The molecular weight excluding hydrogens is 374 g/mol. The Bertz CT molecular complexity index is 962. The van der Waals surface area contributed by atoms with Gasteiger partial charge in [-0.25, -0.2) is 5.43 Å². The number of hydrazone groups is 1. The minimum atomic E-state index is -0.209. The highest BCUT2D eigenvalue weighted by molar-refractivity contribution is 7.99. The molecule has 0 aliphatic rings. The van der Waals surface area contributed by atoms with Crippen molar-refractivity contribution in [3.8, 4) is 11.4 Å². The van der Waals surface area contributed by atoms with Crippen molar-refractivity contribution in [2.45, 2.75) is 25.5 Å². The third-order valence-corrected chi connectivity index (χ3v) is 4.73. The van der Waals surface area contributed by atoms with E-state index in [-0.39, 0.29) is 11.7 Å². The highest BCUT2D eigenvalue weighted by Crippen LogP contribution is 2.23. The van der Waals surface area contributed by atoms with Crippen LogP contribution in [-0.2, 0) is 11.3 Å². The van der Waals surface area contributed by atoms with Crippen LogP contribution in [0, 0.1) is 0 Å². The second-order valence-electron chi connectivity index (χ2n) is 5.90. The van der Waals surface area contributed by atoms with Crippen LogP contribution in [0.2, 0.25) is 0 Å². The molecule has 28 heavy (non-hydrogen) atoms. The lowest BCUT2D eigenvalue weighted by molar-refractivity contribution is -0.118. The zero-order valence-corrected chi connectivity index (χ0v) is 16.5. The first-order valence-electron chi connectivity index (χ1n) is 8.82. The van der Waals surface area contributed by atoms with Crippen molar-refractivity contribution in [2.24, 2.45) is 5.10 Å². The zero-order valence-electron chi connectivity index (χ0n) is 15.7. The number of nitrogens with zero attached hydrogens (tertiary/aromatic N) is 4. The average Bonchev–Trinajstić information content (AvgIpc) is 3.36. The van der Waals surface area contributed by atoms with Gasteiger partial charge in [0.1, 0.15) is 5.76 Å². The molecule has 7 nitrogen and oxygen atoms in total. The Balaban J connectivity index is 1.55. The normalized spacial score (nSPS) is 11.9. The van der Waals surface area contributed by atoms with Gasteiger partial charge in [-0.1, -0.05) is 42.1 Å². The molecule has 2 heterocycles. The molecule has 3 rings (SSSR count). The fourth-order valence-electron chi connectivity index (χ4n) is 2.48. The fourth-order valence-corrected chi connectivity index (χ4v) is 3.28.